The summed E-state index contributed by atoms with van der Waals surface area (Å²) in [6.45, 7) is 2.07. The van der Waals surface area contributed by atoms with E-state index in [1.165, 1.54) is 6.07 Å². The molecule has 0 heterocycles. The summed E-state index contributed by atoms with van der Waals surface area (Å²) >= 11 is 0. The summed E-state index contributed by atoms with van der Waals surface area (Å²) < 4.78 is 69.6. The molecule has 0 radical (unpaired) electrons. The van der Waals surface area contributed by atoms with Crippen molar-refractivity contribution in [2.45, 2.75) is 51.4 Å². The lowest BCUT2D eigenvalue weighted by molar-refractivity contribution is 0.376. The van der Waals surface area contributed by atoms with Crippen molar-refractivity contribution in [3.8, 4) is 11.8 Å². The molecule has 1 saturated carbocycles. The van der Waals surface area contributed by atoms with Crippen LogP contribution < -0.4 is 0 Å². The Hall–Kier alpha value is -2.87. The zero-order chi connectivity index (χ0) is 22.8. The summed E-state index contributed by atoms with van der Waals surface area (Å²) in [4.78, 5) is 0. The molecule has 1 fully saturated rings. The molecule has 0 atom stereocenters. The van der Waals surface area contributed by atoms with Gasteiger partial charge in [0.25, 0.3) is 0 Å². The summed E-state index contributed by atoms with van der Waals surface area (Å²) in [5.74, 6) is 0.511. The number of halogens is 5. The Morgan fingerprint density at radius 1 is 0.812 bits per heavy atom. The average molecular weight is 442 g/mol. The Bertz CT molecular complexity index is 1210. The summed E-state index contributed by atoms with van der Waals surface area (Å²) in [5.41, 5.74) is 2.04. The van der Waals surface area contributed by atoms with Gasteiger partial charge in [-0.05, 0) is 78.8 Å². The molecule has 3 aromatic carbocycles. The van der Waals surface area contributed by atoms with Crippen LogP contribution in [-0.4, -0.2) is 0 Å². The van der Waals surface area contributed by atoms with Crippen molar-refractivity contribution in [3.63, 3.8) is 0 Å². The molecule has 32 heavy (non-hydrogen) atoms. The molecular weight excluding hydrogens is 419 g/mol. The Labute approximate surface area is 184 Å². The maximum Gasteiger partial charge on any atom is 0.195 e. The third-order valence-electron chi connectivity index (χ3n) is 6.22. The second-order valence-electron chi connectivity index (χ2n) is 8.47. The average Bonchev–Trinajstić information content (AvgIpc) is 2.77. The molecule has 0 N–H and O–H groups in total. The van der Waals surface area contributed by atoms with Crippen molar-refractivity contribution >= 4 is 10.8 Å². The number of aryl methyl sites for hydroxylation is 1. The van der Waals surface area contributed by atoms with E-state index in [-0.39, 0.29) is 28.6 Å². The van der Waals surface area contributed by atoms with Crippen molar-refractivity contribution in [2.75, 3.05) is 0 Å². The van der Waals surface area contributed by atoms with E-state index >= 15 is 0 Å². The highest BCUT2D eigenvalue weighted by molar-refractivity contribution is 5.85. The molecule has 0 spiro atoms. The van der Waals surface area contributed by atoms with Gasteiger partial charge in [0.1, 0.15) is 11.6 Å². The van der Waals surface area contributed by atoms with E-state index in [2.05, 4.69) is 18.8 Å². The molecule has 166 valence electrons. The molecule has 1 aliphatic carbocycles. The zero-order valence-electron chi connectivity index (χ0n) is 17.8. The van der Waals surface area contributed by atoms with Crippen molar-refractivity contribution in [3.05, 3.63) is 82.2 Å². The van der Waals surface area contributed by atoms with E-state index in [0.717, 1.165) is 61.8 Å². The quantitative estimate of drug-likeness (QED) is 0.220. The molecule has 4 rings (SSSR count). The van der Waals surface area contributed by atoms with Gasteiger partial charge in [-0.1, -0.05) is 37.3 Å². The number of fused-ring (bicyclic) bond motifs is 1. The molecule has 3 aromatic rings. The maximum atomic E-state index is 14.5. The number of rotatable bonds is 3. The van der Waals surface area contributed by atoms with Gasteiger partial charge in [0.15, 0.2) is 17.5 Å². The van der Waals surface area contributed by atoms with Crippen molar-refractivity contribution in [1.82, 2.24) is 0 Å². The fraction of sp³-hybridized carbons (Fsp3) is 0.333. The topological polar surface area (TPSA) is 0 Å². The van der Waals surface area contributed by atoms with Crippen LogP contribution in [0.5, 0.6) is 0 Å². The summed E-state index contributed by atoms with van der Waals surface area (Å²) in [6, 6.07) is 8.70. The van der Waals surface area contributed by atoms with Crippen LogP contribution in [-0.2, 0) is 6.42 Å². The van der Waals surface area contributed by atoms with Crippen LogP contribution in [0.1, 0.15) is 61.6 Å². The normalized spacial score (nSPS) is 18.4. The Balaban J connectivity index is 1.47. The monoisotopic (exact) mass is 442 g/mol. The molecule has 0 bridgehead atoms. The fourth-order valence-electron chi connectivity index (χ4n) is 4.54. The standard InChI is InChI=1S/C27H23F5/c1-2-3-17-8-11-21(22(28)13-17)19-9-6-16(7-10-19)4-5-18-12-20-15-24(30)26(31)27(32)25(20)23(29)14-18/h8,11-16,19H,2-3,6-7,9-10H2,1H3. The third-order valence-corrected chi connectivity index (χ3v) is 6.22. The van der Waals surface area contributed by atoms with Gasteiger partial charge in [0.05, 0.1) is 5.39 Å². The van der Waals surface area contributed by atoms with Gasteiger partial charge >= 0.3 is 0 Å². The van der Waals surface area contributed by atoms with Gasteiger partial charge < -0.3 is 0 Å². The molecule has 0 amide bonds. The second kappa shape index (κ2) is 9.32. The minimum atomic E-state index is -1.69. The van der Waals surface area contributed by atoms with Crippen molar-refractivity contribution < 1.29 is 22.0 Å². The lowest BCUT2D eigenvalue weighted by Gasteiger charge is -2.26. The molecule has 0 saturated heterocycles. The highest BCUT2D eigenvalue weighted by Gasteiger charge is 2.23. The smallest absolute Gasteiger partial charge is 0.195 e. The lowest BCUT2D eigenvalue weighted by Crippen LogP contribution is -2.13. The molecule has 0 unspecified atom stereocenters. The van der Waals surface area contributed by atoms with Crippen LogP contribution in [0.3, 0.4) is 0 Å². The first-order valence-electron chi connectivity index (χ1n) is 10.9. The first-order chi connectivity index (χ1) is 15.4. The number of hydrogen-bond donors (Lipinski definition) is 0. The first-order valence-corrected chi connectivity index (χ1v) is 10.9. The first kappa shape index (κ1) is 22.3. The third kappa shape index (κ3) is 4.50. The molecule has 0 nitrogen and oxygen atoms in total. The van der Waals surface area contributed by atoms with Gasteiger partial charge in [-0.3, -0.25) is 0 Å². The van der Waals surface area contributed by atoms with Crippen molar-refractivity contribution in [1.29, 1.82) is 0 Å². The Morgan fingerprint density at radius 2 is 1.56 bits per heavy atom. The highest BCUT2D eigenvalue weighted by Crippen LogP contribution is 2.37. The maximum absolute atomic E-state index is 14.5. The van der Waals surface area contributed by atoms with Gasteiger partial charge in [-0.2, -0.15) is 0 Å². The predicted molar refractivity (Wildman–Crippen MR) is 116 cm³/mol. The van der Waals surface area contributed by atoms with Gasteiger partial charge in [0.2, 0.25) is 0 Å². The van der Waals surface area contributed by atoms with Gasteiger partial charge in [-0.15, -0.1) is 0 Å². The second-order valence-corrected chi connectivity index (χ2v) is 8.47. The number of benzene rings is 3. The van der Waals surface area contributed by atoms with Crippen LogP contribution in [0.15, 0.2) is 36.4 Å². The van der Waals surface area contributed by atoms with E-state index in [9.17, 15) is 22.0 Å². The van der Waals surface area contributed by atoms with E-state index in [0.29, 0.717) is 0 Å². The van der Waals surface area contributed by atoms with E-state index in [1.54, 1.807) is 6.07 Å². The SMILES string of the molecule is CCCc1ccc(C2CCC(C#Cc3cc(F)c4c(F)c(F)c(F)cc4c3)CC2)c(F)c1. The van der Waals surface area contributed by atoms with Crippen molar-refractivity contribution in [2.24, 2.45) is 5.92 Å². The molecule has 0 aliphatic heterocycles. The molecular formula is C27H23F5. The lowest BCUT2D eigenvalue weighted by atomic mass is 9.78. The molecule has 5 heteroatoms. The van der Waals surface area contributed by atoms with Crippen LogP contribution in [0.2, 0.25) is 0 Å². The summed E-state index contributed by atoms with van der Waals surface area (Å²) in [5, 5.41) is -0.654. The van der Waals surface area contributed by atoms with Crippen LogP contribution in [0, 0.1) is 46.8 Å². The van der Waals surface area contributed by atoms with E-state index in [1.807, 2.05) is 12.1 Å². The Kier molecular flexibility index (Phi) is 6.50. The highest BCUT2D eigenvalue weighted by atomic mass is 19.2. The zero-order valence-corrected chi connectivity index (χ0v) is 17.8. The van der Waals surface area contributed by atoms with Crippen LogP contribution >= 0.6 is 0 Å². The minimum absolute atomic E-state index is 0.0728. The number of hydrogen-bond acceptors (Lipinski definition) is 0. The fourth-order valence-corrected chi connectivity index (χ4v) is 4.54. The van der Waals surface area contributed by atoms with Gasteiger partial charge in [-0.25, -0.2) is 22.0 Å². The minimum Gasteiger partial charge on any atom is -0.207 e. The summed E-state index contributed by atoms with van der Waals surface area (Å²) in [6.07, 6.45) is 5.04. The molecule has 0 aromatic heterocycles. The van der Waals surface area contributed by atoms with Crippen LogP contribution in [0.4, 0.5) is 22.0 Å². The van der Waals surface area contributed by atoms with Gasteiger partial charge in [0, 0.05) is 11.5 Å². The molecule has 1 aliphatic rings. The van der Waals surface area contributed by atoms with Crippen LogP contribution in [0.25, 0.3) is 10.8 Å². The van der Waals surface area contributed by atoms with E-state index < -0.39 is 28.7 Å². The summed E-state index contributed by atoms with van der Waals surface area (Å²) in [7, 11) is 0. The predicted octanol–water partition coefficient (Wildman–Crippen LogP) is 7.81. The van der Waals surface area contributed by atoms with E-state index in [4.69, 9.17) is 0 Å². The Morgan fingerprint density at radius 3 is 2.25 bits per heavy atom. The largest absolute Gasteiger partial charge is 0.207 e.